The predicted molar refractivity (Wildman–Crippen MR) is 67.2 cm³/mol. The summed E-state index contributed by atoms with van der Waals surface area (Å²) in [5.41, 5.74) is 0.350. The molecule has 0 radical (unpaired) electrons. The number of nitrogens with zero attached hydrogens (tertiary/aromatic N) is 2. The van der Waals surface area contributed by atoms with Crippen molar-refractivity contribution in [2.24, 2.45) is 5.92 Å². The molecule has 1 saturated heterocycles. The summed E-state index contributed by atoms with van der Waals surface area (Å²) in [7, 11) is 0. The van der Waals surface area contributed by atoms with E-state index in [4.69, 9.17) is 0 Å². The predicted octanol–water partition coefficient (Wildman–Crippen LogP) is 2.45. The molecule has 2 heteroatoms. The molecule has 1 aliphatic rings. The van der Waals surface area contributed by atoms with Crippen LogP contribution in [0.3, 0.4) is 0 Å². The first-order valence-corrected chi connectivity index (χ1v) is 6.34. The maximum atomic E-state index is 2.65. The normalized spacial score (nSPS) is 21.6. The van der Waals surface area contributed by atoms with Crippen LogP contribution >= 0.6 is 0 Å². The lowest BCUT2D eigenvalue weighted by atomic mass is 9.88. The van der Waals surface area contributed by atoms with Crippen molar-refractivity contribution in [3.8, 4) is 0 Å². The first kappa shape index (κ1) is 13.0. The molecule has 0 atom stereocenters. The van der Waals surface area contributed by atoms with Crippen LogP contribution in [0.4, 0.5) is 0 Å². The van der Waals surface area contributed by atoms with E-state index in [-0.39, 0.29) is 0 Å². The van der Waals surface area contributed by atoms with Gasteiger partial charge in [0, 0.05) is 37.8 Å². The summed E-state index contributed by atoms with van der Waals surface area (Å²) in [6, 6.07) is 0.703. The zero-order valence-electron chi connectivity index (χ0n) is 11.4. The van der Waals surface area contributed by atoms with Gasteiger partial charge in [-0.3, -0.25) is 9.80 Å². The summed E-state index contributed by atoms with van der Waals surface area (Å²) in [6.45, 7) is 18.9. The molecule has 0 amide bonds. The Morgan fingerprint density at radius 3 is 1.67 bits per heavy atom. The first-order chi connectivity index (χ1) is 6.85. The molecule has 0 spiro atoms. The molecule has 1 aliphatic heterocycles. The fourth-order valence-corrected chi connectivity index (χ4v) is 2.18. The van der Waals surface area contributed by atoms with Gasteiger partial charge in [0.2, 0.25) is 0 Å². The third-order valence-corrected chi connectivity index (χ3v) is 4.27. The second-order valence-electron chi connectivity index (χ2n) is 5.93. The van der Waals surface area contributed by atoms with Gasteiger partial charge in [0.05, 0.1) is 0 Å². The summed E-state index contributed by atoms with van der Waals surface area (Å²) in [5.74, 6) is 0.725. The van der Waals surface area contributed by atoms with Gasteiger partial charge in [-0.05, 0) is 33.6 Å². The third-order valence-electron chi connectivity index (χ3n) is 4.27. The van der Waals surface area contributed by atoms with E-state index in [0.29, 0.717) is 11.6 Å². The van der Waals surface area contributed by atoms with Crippen LogP contribution in [0.15, 0.2) is 0 Å². The highest BCUT2D eigenvalue weighted by Crippen LogP contribution is 2.25. The van der Waals surface area contributed by atoms with Gasteiger partial charge >= 0.3 is 0 Å². The zero-order valence-corrected chi connectivity index (χ0v) is 11.4. The van der Waals surface area contributed by atoms with Crippen LogP contribution in [0.1, 0.15) is 41.5 Å². The van der Waals surface area contributed by atoms with Gasteiger partial charge in [0.15, 0.2) is 0 Å². The molecule has 0 N–H and O–H groups in total. The van der Waals surface area contributed by atoms with Gasteiger partial charge in [-0.15, -0.1) is 0 Å². The van der Waals surface area contributed by atoms with E-state index in [9.17, 15) is 0 Å². The largest absolute Gasteiger partial charge is 0.298 e. The topological polar surface area (TPSA) is 6.48 Å². The molecule has 1 heterocycles. The lowest BCUT2D eigenvalue weighted by Gasteiger charge is -2.47. The quantitative estimate of drug-likeness (QED) is 0.709. The summed E-state index contributed by atoms with van der Waals surface area (Å²) < 4.78 is 0. The maximum Gasteiger partial charge on any atom is 0.0177 e. The second-order valence-corrected chi connectivity index (χ2v) is 5.93. The summed E-state index contributed by atoms with van der Waals surface area (Å²) >= 11 is 0. The Morgan fingerprint density at radius 1 is 0.867 bits per heavy atom. The SMILES string of the molecule is CC(C)N1CCN(C(C)(C)C(C)C)CC1. The fraction of sp³-hybridized carbons (Fsp3) is 1.00. The summed E-state index contributed by atoms with van der Waals surface area (Å²) in [4.78, 5) is 5.23. The average molecular weight is 212 g/mol. The molecule has 0 aromatic carbocycles. The minimum atomic E-state index is 0.350. The van der Waals surface area contributed by atoms with Crippen molar-refractivity contribution in [1.82, 2.24) is 9.80 Å². The fourth-order valence-electron chi connectivity index (χ4n) is 2.18. The van der Waals surface area contributed by atoms with E-state index in [0.717, 1.165) is 5.92 Å². The van der Waals surface area contributed by atoms with Crippen LogP contribution in [-0.2, 0) is 0 Å². The molecule has 15 heavy (non-hydrogen) atoms. The molecule has 2 nitrogen and oxygen atoms in total. The van der Waals surface area contributed by atoms with E-state index in [2.05, 4.69) is 51.3 Å². The Hall–Kier alpha value is -0.0800. The van der Waals surface area contributed by atoms with Crippen LogP contribution in [0.2, 0.25) is 0 Å². The molecule has 1 rings (SSSR count). The highest BCUT2D eigenvalue weighted by molar-refractivity contribution is 4.88. The van der Waals surface area contributed by atoms with Crippen LogP contribution in [0, 0.1) is 5.92 Å². The molecular formula is C13H28N2. The number of hydrogen-bond donors (Lipinski definition) is 0. The van der Waals surface area contributed by atoms with Gasteiger partial charge in [0.25, 0.3) is 0 Å². The van der Waals surface area contributed by atoms with Crippen LogP contribution < -0.4 is 0 Å². The molecule has 0 saturated carbocycles. The molecule has 0 aromatic rings. The van der Waals surface area contributed by atoms with E-state index in [1.807, 2.05) is 0 Å². The van der Waals surface area contributed by atoms with E-state index in [1.54, 1.807) is 0 Å². The number of piperazine rings is 1. The van der Waals surface area contributed by atoms with E-state index < -0.39 is 0 Å². The Morgan fingerprint density at radius 2 is 1.33 bits per heavy atom. The van der Waals surface area contributed by atoms with Crippen molar-refractivity contribution in [2.75, 3.05) is 26.2 Å². The lowest BCUT2D eigenvalue weighted by molar-refractivity contribution is 0.0165. The second kappa shape index (κ2) is 4.84. The van der Waals surface area contributed by atoms with Crippen molar-refractivity contribution >= 4 is 0 Å². The molecule has 0 aromatic heterocycles. The highest BCUT2D eigenvalue weighted by Gasteiger charge is 2.32. The highest BCUT2D eigenvalue weighted by atomic mass is 15.3. The molecule has 0 aliphatic carbocycles. The van der Waals surface area contributed by atoms with Crippen molar-refractivity contribution < 1.29 is 0 Å². The van der Waals surface area contributed by atoms with Gasteiger partial charge < -0.3 is 0 Å². The van der Waals surface area contributed by atoms with Crippen LogP contribution in [0.5, 0.6) is 0 Å². The zero-order chi connectivity index (χ0) is 11.6. The molecule has 0 bridgehead atoms. The smallest absolute Gasteiger partial charge is 0.0177 e. The van der Waals surface area contributed by atoms with E-state index >= 15 is 0 Å². The molecule has 0 unspecified atom stereocenters. The minimum absolute atomic E-state index is 0.350. The van der Waals surface area contributed by atoms with Crippen molar-refractivity contribution in [2.45, 2.75) is 53.1 Å². The monoisotopic (exact) mass is 212 g/mol. The molecule has 1 fully saturated rings. The standard InChI is InChI=1S/C13H28N2/c1-11(2)13(5,6)15-9-7-14(8-10-15)12(3)4/h11-12H,7-10H2,1-6H3. The molecule has 90 valence electrons. The van der Waals surface area contributed by atoms with Gasteiger partial charge in [-0.1, -0.05) is 13.8 Å². The molecular weight excluding hydrogens is 184 g/mol. The summed E-state index contributed by atoms with van der Waals surface area (Å²) in [5, 5.41) is 0. The lowest BCUT2D eigenvalue weighted by Crippen LogP contribution is -2.57. The Balaban J connectivity index is 2.50. The van der Waals surface area contributed by atoms with Crippen LogP contribution in [-0.4, -0.2) is 47.6 Å². The van der Waals surface area contributed by atoms with Crippen molar-refractivity contribution in [1.29, 1.82) is 0 Å². The average Bonchev–Trinajstić information content (AvgIpc) is 2.17. The number of hydrogen-bond acceptors (Lipinski definition) is 2. The van der Waals surface area contributed by atoms with Gasteiger partial charge in [0.1, 0.15) is 0 Å². The van der Waals surface area contributed by atoms with Crippen molar-refractivity contribution in [3.63, 3.8) is 0 Å². The van der Waals surface area contributed by atoms with Gasteiger partial charge in [-0.2, -0.15) is 0 Å². The minimum Gasteiger partial charge on any atom is -0.298 e. The van der Waals surface area contributed by atoms with Gasteiger partial charge in [-0.25, -0.2) is 0 Å². The number of rotatable bonds is 3. The van der Waals surface area contributed by atoms with Crippen LogP contribution in [0.25, 0.3) is 0 Å². The third kappa shape index (κ3) is 2.94. The Bertz CT molecular complexity index is 189. The Kier molecular flexibility index (Phi) is 4.19. The van der Waals surface area contributed by atoms with E-state index in [1.165, 1.54) is 26.2 Å². The summed E-state index contributed by atoms with van der Waals surface area (Å²) in [6.07, 6.45) is 0. The maximum absolute atomic E-state index is 2.65. The van der Waals surface area contributed by atoms with Crippen molar-refractivity contribution in [3.05, 3.63) is 0 Å². The first-order valence-electron chi connectivity index (χ1n) is 6.34. The Labute approximate surface area is 95.6 Å².